The zero-order valence-corrected chi connectivity index (χ0v) is 14.0. The first kappa shape index (κ1) is 15.9. The third kappa shape index (κ3) is 3.81. The zero-order valence-electron chi connectivity index (χ0n) is 12.4. The van der Waals surface area contributed by atoms with Crippen molar-refractivity contribution in [1.29, 1.82) is 0 Å². The Hall–Kier alpha value is -0.430. The van der Waals surface area contributed by atoms with Gasteiger partial charge in [0.2, 0.25) is 10.0 Å². The van der Waals surface area contributed by atoms with Crippen LogP contribution in [-0.4, -0.2) is 21.5 Å². The van der Waals surface area contributed by atoms with E-state index in [-0.39, 0.29) is 6.04 Å². The standard InChI is InChI=1S/C14H24N2O2S2/c1-10-5-4-6-12(7-10)16-20(17,18)14-8-13(9-15-3)19-11(14)2/h8,10,12,15-16H,4-7,9H2,1-3H3. The summed E-state index contributed by atoms with van der Waals surface area (Å²) in [4.78, 5) is 2.37. The largest absolute Gasteiger partial charge is 0.315 e. The number of rotatable bonds is 5. The van der Waals surface area contributed by atoms with Gasteiger partial charge in [-0.2, -0.15) is 0 Å². The third-order valence-corrected chi connectivity index (χ3v) is 6.65. The molecule has 6 heteroatoms. The molecule has 20 heavy (non-hydrogen) atoms. The molecule has 1 aliphatic rings. The highest BCUT2D eigenvalue weighted by molar-refractivity contribution is 7.89. The van der Waals surface area contributed by atoms with Gasteiger partial charge < -0.3 is 5.32 Å². The average molecular weight is 316 g/mol. The van der Waals surface area contributed by atoms with E-state index in [0.29, 0.717) is 17.4 Å². The summed E-state index contributed by atoms with van der Waals surface area (Å²) in [5.41, 5.74) is 0. The van der Waals surface area contributed by atoms with Crippen LogP contribution in [0.2, 0.25) is 0 Å². The molecule has 1 aromatic heterocycles. The molecule has 2 unspecified atom stereocenters. The van der Waals surface area contributed by atoms with E-state index in [1.54, 1.807) is 17.4 Å². The molecule has 1 saturated carbocycles. The van der Waals surface area contributed by atoms with Crippen LogP contribution in [0.5, 0.6) is 0 Å². The minimum atomic E-state index is -3.38. The van der Waals surface area contributed by atoms with E-state index >= 15 is 0 Å². The van der Waals surface area contributed by atoms with E-state index in [1.165, 1.54) is 6.42 Å². The maximum absolute atomic E-state index is 12.5. The maximum atomic E-state index is 12.5. The Morgan fingerprint density at radius 3 is 2.80 bits per heavy atom. The van der Waals surface area contributed by atoms with E-state index in [2.05, 4.69) is 17.0 Å². The van der Waals surface area contributed by atoms with Crippen LogP contribution in [0.3, 0.4) is 0 Å². The molecule has 0 spiro atoms. The van der Waals surface area contributed by atoms with E-state index < -0.39 is 10.0 Å². The van der Waals surface area contributed by atoms with Gasteiger partial charge in [0.1, 0.15) is 0 Å². The summed E-state index contributed by atoms with van der Waals surface area (Å²) in [6, 6.07) is 1.89. The lowest BCUT2D eigenvalue weighted by molar-refractivity contribution is 0.327. The van der Waals surface area contributed by atoms with Crippen molar-refractivity contribution in [2.24, 2.45) is 5.92 Å². The van der Waals surface area contributed by atoms with Gasteiger partial charge in [-0.1, -0.05) is 19.8 Å². The number of hydrogen-bond acceptors (Lipinski definition) is 4. The molecule has 2 N–H and O–H groups in total. The summed E-state index contributed by atoms with van der Waals surface area (Å²) in [7, 11) is -1.51. The Labute approximate surface area is 126 Å². The van der Waals surface area contributed by atoms with E-state index in [4.69, 9.17) is 0 Å². The fraction of sp³-hybridized carbons (Fsp3) is 0.714. The van der Waals surface area contributed by atoms with Crippen molar-refractivity contribution in [2.45, 2.75) is 57.0 Å². The first-order valence-corrected chi connectivity index (χ1v) is 9.48. The van der Waals surface area contributed by atoms with Crippen LogP contribution in [0.25, 0.3) is 0 Å². The van der Waals surface area contributed by atoms with E-state index in [1.807, 2.05) is 14.0 Å². The van der Waals surface area contributed by atoms with Gasteiger partial charge in [0.05, 0.1) is 4.90 Å². The first-order chi connectivity index (χ1) is 9.42. The maximum Gasteiger partial charge on any atom is 0.241 e. The van der Waals surface area contributed by atoms with E-state index in [9.17, 15) is 8.42 Å². The van der Waals surface area contributed by atoms with Crippen molar-refractivity contribution in [1.82, 2.24) is 10.0 Å². The minimum Gasteiger partial charge on any atom is -0.315 e. The second-order valence-electron chi connectivity index (χ2n) is 5.75. The van der Waals surface area contributed by atoms with Gasteiger partial charge in [-0.25, -0.2) is 13.1 Å². The minimum absolute atomic E-state index is 0.0933. The highest BCUT2D eigenvalue weighted by atomic mass is 32.2. The molecule has 1 heterocycles. The van der Waals surface area contributed by atoms with Crippen LogP contribution in [0, 0.1) is 12.8 Å². The summed E-state index contributed by atoms with van der Waals surface area (Å²) in [6.07, 6.45) is 4.23. The van der Waals surface area contributed by atoms with Crippen LogP contribution in [0.15, 0.2) is 11.0 Å². The molecule has 1 aromatic rings. The second-order valence-corrected chi connectivity index (χ2v) is 8.78. The molecule has 0 saturated heterocycles. The number of hydrogen-bond donors (Lipinski definition) is 2. The predicted molar refractivity (Wildman–Crippen MR) is 83.6 cm³/mol. The van der Waals surface area contributed by atoms with E-state index in [0.717, 1.165) is 29.0 Å². The van der Waals surface area contributed by atoms with Crippen LogP contribution in [0.1, 0.15) is 42.4 Å². The number of sulfonamides is 1. The topological polar surface area (TPSA) is 58.2 Å². The van der Waals surface area contributed by atoms with Crippen molar-refractivity contribution >= 4 is 21.4 Å². The molecule has 114 valence electrons. The molecule has 2 atom stereocenters. The van der Waals surface area contributed by atoms with Crippen LogP contribution < -0.4 is 10.0 Å². The SMILES string of the molecule is CNCc1cc(S(=O)(=O)NC2CCCC(C)C2)c(C)s1. The monoisotopic (exact) mass is 316 g/mol. The predicted octanol–water partition coefficient (Wildman–Crippen LogP) is 2.63. The summed E-state index contributed by atoms with van der Waals surface area (Å²) in [5, 5.41) is 3.06. The van der Waals surface area contributed by atoms with Crippen LogP contribution in [0.4, 0.5) is 0 Å². The summed E-state index contributed by atoms with van der Waals surface area (Å²) < 4.78 is 27.9. The van der Waals surface area contributed by atoms with Gasteiger partial charge >= 0.3 is 0 Å². The van der Waals surface area contributed by atoms with Gasteiger partial charge in [-0.05, 0) is 38.8 Å². The lowest BCUT2D eigenvalue weighted by Crippen LogP contribution is -2.38. The molecule has 0 aliphatic heterocycles. The smallest absolute Gasteiger partial charge is 0.241 e. The molecular formula is C14H24N2O2S2. The van der Waals surface area contributed by atoms with Crippen molar-refractivity contribution < 1.29 is 8.42 Å². The molecule has 0 radical (unpaired) electrons. The van der Waals surface area contributed by atoms with Crippen molar-refractivity contribution in [3.63, 3.8) is 0 Å². The third-order valence-electron chi connectivity index (χ3n) is 3.82. The van der Waals surface area contributed by atoms with Gasteiger partial charge in [0, 0.05) is 22.3 Å². The summed E-state index contributed by atoms with van der Waals surface area (Å²) in [6.45, 7) is 4.78. The van der Waals surface area contributed by atoms with Gasteiger partial charge in [0.15, 0.2) is 0 Å². The number of aryl methyl sites for hydroxylation is 1. The number of thiophene rings is 1. The molecule has 2 rings (SSSR count). The van der Waals surface area contributed by atoms with Gasteiger partial charge in [0.25, 0.3) is 0 Å². The zero-order chi connectivity index (χ0) is 14.8. The Kier molecular flexibility index (Phi) is 5.23. The van der Waals surface area contributed by atoms with Crippen LogP contribution in [-0.2, 0) is 16.6 Å². The quantitative estimate of drug-likeness (QED) is 0.878. The Morgan fingerprint density at radius 2 is 2.15 bits per heavy atom. The second kappa shape index (κ2) is 6.56. The Bertz CT molecular complexity index is 552. The van der Waals surface area contributed by atoms with Gasteiger partial charge in [-0.3, -0.25) is 0 Å². The molecule has 1 fully saturated rings. The highest BCUT2D eigenvalue weighted by Crippen LogP contribution is 2.28. The van der Waals surface area contributed by atoms with Crippen LogP contribution >= 0.6 is 11.3 Å². The number of nitrogens with one attached hydrogen (secondary N) is 2. The fourth-order valence-corrected chi connectivity index (χ4v) is 5.81. The molecule has 0 bridgehead atoms. The molecule has 0 amide bonds. The van der Waals surface area contributed by atoms with Crippen molar-refractivity contribution in [3.8, 4) is 0 Å². The fourth-order valence-electron chi connectivity index (χ4n) is 2.88. The lowest BCUT2D eigenvalue weighted by Gasteiger charge is -2.27. The molecule has 0 aromatic carbocycles. The normalized spacial score (nSPS) is 23.9. The lowest BCUT2D eigenvalue weighted by atomic mass is 9.88. The van der Waals surface area contributed by atoms with Crippen molar-refractivity contribution in [3.05, 3.63) is 15.8 Å². The van der Waals surface area contributed by atoms with Crippen molar-refractivity contribution in [2.75, 3.05) is 7.05 Å². The summed E-state index contributed by atoms with van der Waals surface area (Å²) >= 11 is 1.55. The highest BCUT2D eigenvalue weighted by Gasteiger charge is 2.26. The molecular weight excluding hydrogens is 292 g/mol. The average Bonchev–Trinajstić information content (AvgIpc) is 2.71. The molecule has 1 aliphatic carbocycles. The Morgan fingerprint density at radius 1 is 1.40 bits per heavy atom. The Balaban J connectivity index is 2.13. The van der Waals surface area contributed by atoms with Gasteiger partial charge in [-0.15, -0.1) is 11.3 Å². The summed E-state index contributed by atoms with van der Waals surface area (Å²) in [5.74, 6) is 0.611. The first-order valence-electron chi connectivity index (χ1n) is 7.18. The molecule has 4 nitrogen and oxygen atoms in total.